The number of amides is 1. The van der Waals surface area contributed by atoms with Gasteiger partial charge >= 0.3 is 0 Å². The number of hydrogen-bond donors (Lipinski definition) is 1. The summed E-state index contributed by atoms with van der Waals surface area (Å²) in [7, 11) is 0. The van der Waals surface area contributed by atoms with Gasteiger partial charge in [0.1, 0.15) is 0 Å². The smallest absolute Gasteiger partial charge is 0.254 e. The van der Waals surface area contributed by atoms with Crippen molar-refractivity contribution >= 4 is 40.5 Å². The molecule has 6 heteroatoms. The topological polar surface area (TPSA) is 41.0 Å². The van der Waals surface area contributed by atoms with Crippen molar-refractivity contribution in [1.82, 2.24) is 14.5 Å². The van der Waals surface area contributed by atoms with Crippen molar-refractivity contribution in [3.8, 4) is 0 Å². The first-order chi connectivity index (χ1) is 12.1. The minimum atomic E-state index is 0.106. The Hall–Kier alpha value is -1.92. The Labute approximate surface area is 156 Å². The highest BCUT2D eigenvalue weighted by molar-refractivity contribution is 7.71. The Morgan fingerprint density at radius 3 is 2.96 bits per heavy atom. The quantitative estimate of drug-likeness (QED) is 0.663. The van der Waals surface area contributed by atoms with Crippen LogP contribution in [-0.2, 0) is 13.0 Å². The van der Waals surface area contributed by atoms with E-state index in [4.69, 9.17) is 12.2 Å². The first kappa shape index (κ1) is 16.5. The molecule has 4 nitrogen and oxygen atoms in total. The van der Waals surface area contributed by atoms with Crippen molar-refractivity contribution in [1.29, 1.82) is 0 Å². The normalized spacial score (nSPS) is 17.0. The molecule has 1 N–H and O–H groups in total. The number of carbonyl (C=O) groups excluding carboxylic acids is 1. The molecule has 0 bridgehead atoms. The van der Waals surface area contributed by atoms with Gasteiger partial charge in [0, 0.05) is 23.5 Å². The molecule has 0 unspecified atom stereocenters. The van der Waals surface area contributed by atoms with Gasteiger partial charge in [-0.05, 0) is 67.2 Å². The summed E-state index contributed by atoms with van der Waals surface area (Å²) in [6.45, 7) is 5.83. The van der Waals surface area contributed by atoms with E-state index in [1.165, 1.54) is 10.4 Å². The van der Waals surface area contributed by atoms with Crippen LogP contribution in [0, 0.1) is 4.77 Å². The second kappa shape index (κ2) is 6.42. The number of fused-ring (bicyclic) bond motifs is 2. The average Bonchev–Trinajstić information content (AvgIpc) is 3.22. The SMILES string of the molecule is CC[C@H]1c2ccsc2CCN1C(=O)c1ccc2c(c1)[nH]c(=S)n2CC. The number of nitrogens with zero attached hydrogens (tertiary/aromatic N) is 2. The number of thiophene rings is 1. The number of nitrogens with one attached hydrogen (secondary N) is 1. The number of H-pyrrole nitrogens is 1. The van der Waals surface area contributed by atoms with Gasteiger partial charge in [-0.15, -0.1) is 11.3 Å². The molecule has 1 aliphatic rings. The van der Waals surface area contributed by atoms with Crippen LogP contribution in [0.15, 0.2) is 29.6 Å². The largest absolute Gasteiger partial charge is 0.331 e. The lowest BCUT2D eigenvalue weighted by atomic mass is 9.97. The maximum atomic E-state index is 13.2. The number of aryl methyl sites for hydroxylation is 1. The molecule has 1 atom stereocenters. The lowest BCUT2D eigenvalue weighted by Crippen LogP contribution is -2.39. The van der Waals surface area contributed by atoms with Crippen LogP contribution in [0.1, 0.15) is 47.1 Å². The first-order valence-corrected chi connectivity index (χ1v) is 10.0. The zero-order chi connectivity index (χ0) is 17.6. The molecule has 130 valence electrons. The molecule has 1 aromatic carbocycles. The van der Waals surface area contributed by atoms with Crippen LogP contribution in [0.3, 0.4) is 0 Å². The molecule has 3 aromatic rings. The van der Waals surface area contributed by atoms with E-state index in [-0.39, 0.29) is 11.9 Å². The van der Waals surface area contributed by atoms with Gasteiger partial charge in [-0.1, -0.05) is 6.92 Å². The Morgan fingerprint density at radius 2 is 2.20 bits per heavy atom. The van der Waals surface area contributed by atoms with Crippen LogP contribution < -0.4 is 0 Å². The zero-order valence-electron chi connectivity index (χ0n) is 14.4. The number of hydrogen-bond acceptors (Lipinski definition) is 3. The van der Waals surface area contributed by atoms with Crippen LogP contribution in [0.2, 0.25) is 0 Å². The number of rotatable bonds is 3. The molecule has 1 aliphatic heterocycles. The molecular weight excluding hydrogens is 350 g/mol. The third-order valence-electron chi connectivity index (χ3n) is 5.08. The Kier molecular flexibility index (Phi) is 4.25. The van der Waals surface area contributed by atoms with Crippen molar-refractivity contribution in [3.05, 3.63) is 50.4 Å². The van der Waals surface area contributed by atoms with Gasteiger partial charge in [-0.3, -0.25) is 4.79 Å². The van der Waals surface area contributed by atoms with Gasteiger partial charge in [-0.25, -0.2) is 0 Å². The number of aromatic nitrogens is 2. The molecule has 0 saturated carbocycles. The van der Waals surface area contributed by atoms with Gasteiger partial charge in [0.05, 0.1) is 17.1 Å². The molecule has 0 radical (unpaired) electrons. The van der Waals surface area contributed by atoms with E-state index in [2.05, 4.69) is 30.3 Å². The number of imidazole rings is 1. The summed E-state index contributed by atoms with van der Waals surface area (Å²) in [4.78, 5) is 19.9. The summed E-state index contributed by atoms with van der Waals surface area (Å²) in [5.41, 5.74) is 4.03. The number of aromatic amines is 1. The van der Waals surface area contributed by atoms with Gasteiger partial charge < -0.3 is 14.5 Å². The summed E-state index contributed by atoms with van der Waals surface area (Å²) in [5.74, 6) is 0.106. The van der Waals surface area contributed by atoms with E-state index in [1.54, 1.807) is 11.3 Å². The Morgan fingerprint density at radius 1 is 1.36 bits per heavy atom. The molecular formula is C19H21N3OS2. The molecule has 25 heavy (non-hydrogen) atoms. The summed E-state index contributed by atoms with van der Waals surface area (Å²) in [5, 5.41) is 2.14. The second-order valence-electron chi connectivity index (χ2n) is 6.38. The minimum absolute atomic E-state index is 0.106. The van der Waals surface area contributed by atoms with Crippen molar-refractivity contribution < 1.29 is 4.79 Å². The maximum Gasteiger partial charge on any atom is 0.254 e. The number of benzene rings is 1. The lowest BCUT2D eigenvalue weighted by molar-refractivity contribution is 0.0657. The van der Waals surface area contributed by atoms with E-state index in [9.17, 15) is 4.79 Å². The fourth-order valence-corrected chi connectivity index (χ4v) is 5.12. The van der Waals surface area contributed by atoms with Crippen LogP contribution >= 0.6 is 23.6 Å². The van der Waals surface area contributed by atoms with Crippen molar-refractivity contribution in [2.45, 2.75) is 39.3 Å². The Balaban J connectivity index is 1.71. The molecule has 4 rings (SSSR count). The molecule has 1 amide bonds. The maximum absolute atomic E-state index is 13.2. The fraction of sp³-hybridized carbons (Fsp3) is 0.368. The van der Waals surface area contributed by atoms with E-state index in [0.29, 0.717) is 4.77 Å². The minimum Gasteiger partial charge on any atom is -0.331 e. The summed E-state index contributed by atoms with van der Waals surface area (Å²) in [6.07, 6.45) is 1.89. The van der Waals surface area contributed by atoms with Crippen LogP contribution in [0.4, 0.5) is 0 Å². The highest BCUT2D eigenvalue weighted by Gasteiger charge is 2.31. The molecule has 3 heterocycles. The molecule has 2 aromatic heterocycles. The second-order valence-corrected chi connectivity index (χ2v) is 7.77. The third-order valence-corrected chi connectivity index (χ3v) is 6.40. The predicted octanol–water partition coefficient (Wildman–Crippen LogP) is 4.93. The number of carbonyl (C=O) groups is 1. The van der Waals surface area contributed by atoms with Gasteiger partial charge in [0.25, 0.3) is 5.91 Å². The third kappa shape index (κ3) is 2.64. The fourth-order valence-electron chi connectivity index (χ4n) is 3.86. The van der Waals surface area contributed by atoms with E-state index in [0.717, 1.165) is 42.5 Å². The van der Waals surface area contributed by atoms with Crippen molar-refractivity contribution in [2.24, 2.45) is 0 Å². The summed E-state index contributed by atoms with van der Waals surface area (Å²) in [6, 6.07) is 8.22. The monoisotopic (exact) mass is 371 g/mol. The van der Waals surface area contributed by atoms with Gasteiger partial charge in [0.2, 0.25) is 0 Å². The summed E-state index contributed by atoms with van der Waals surface area (Å²) < 4.78 is 2.75. The lowest BCUT2D eigenvalue weighted by Gasteiger charge is -2.35. The van der Waals surface area contributed by atoms with Crippen molar-refractivity contribution in [3.63, 3.8) is 0 Å². The average molecular weight is 372 g/mol. The molecule has 0 saturated heterocycles. The van der Waals surface area contributed by atoms with Gasteiger partial charge in [-0.2, -0.15) is 0 Å². The van der Waals surface area contributed by atoms with E-state index < -0.39 is 0 Å². The van der Waals surface area contributed by atoms with Crippen LogP contribution in [-0.4, -0.2) is 26.9 Å². The van der Waals surface area contributed by atoms with Gasteiger partial charge in [0.15, 0.2) is 4.77 Å². The molecule has 0 fully saturated rings. The van der Waals surface area contributed by atoms with Crippen LogP contribution in [0.5, 0.6) is 0 Å². The highest BCUT2D eigenvalue weighted by Crippen LogP contribution is 2.36. The van der Waals surface area contributed by atoms with Crippen LogP contribution in [0.25, 0.3) is 11.0 Å². The van der Waals surface area contributed by atoms with E-state index in [1.807, 2.05) is 27.7 Å². The summed E-state index contributed by atoms with van der Waals surface area (Å²) >= 11 is 7.18. The predicted molar refractivity (Wildman–Crippen MR) is 105 cm³/mol. The zero-order valence-corrected chi connectivity index (χ0v) is 16.0. The molecule has 0 aliphatic carbocycles. The Bertz CT molecular complexity index is 998. The molecule has 0 spiro atoms. The van der Waals surface area contributed by atoms with Crippen molar-refractivity contribution in [2.75, 3.05) is 6.54 Å². The first-order valence-electron chi connectivity index (χ1n) is 8.73. The standard InChI is InChI=1S/C19H21N3OS2/c1-3-15-13-8-10-25-17(13)7-9-22(15)18(23)12-5-6-16-14(11-12)20-19(24)21(16)4-2/h5-6,8,10-11,15H,3-4,7,9H2,1-2H3,(H,20,24)/t15-/m0/s1. The van der Waals surface area contributed by atoms with E-state index >= 15 is 0 Å². The highest BCUT2D eigenvalue weighted by atomic mass is 32.1.